The van der Waals surface area contributed by atoms with Crippen LogP contribution in [0.1, 0.15) is 77.4 Å². The zero-order valence-electron chi connectivity index (χ0n) is 24.2. The third-order valence-corrected chi connectivity index (χ3v) is 7.70. The Labute approximate surface area is 238 Å². The number of amides is 2. The second-order valence-electron chi connectivity index (χ2n) is 10.7. The van der Waals surface area contributed by atoms with Crippen molar-refractivity contribution in [3.63, 3.8) is 0 Å². The van der Waals surface area contributed by atoms with Gasteiger partial charge in [-0.2, -0.15) is 0 Å². The molecule has 1 aromatic heterocycles. The summed E-state index contributed by atoms with van der Waals surface area (Å²) in [7, 11) is 0. The van der Waals surface area contributed by atoms with Crippen LogP contribution in [0.3, 0.4) is 0 Å². The maximum absolute atomic E-state index is 13.1. The summed E-state index contributed by atoms with van der Waals surface area (Å²) in [5.74, 6) is 1.92. The van der Waals surface area contributed by atoms with Gasteiger partial charge in [0.2, 0.25) is 0 Å². The first-order valence-electron chi connectivity index (χ1n) is 14.5. The van der Waals surface area contributed by atoms with Gasteiger partial charge in [-0.05, 0) is 75.3 Å². The maximum atomic E-state index is 13.1. The van der Waals surface area contributed by atoms with E-state index >= 15 is 0 Å². The number of ether oxygens (including phenoxy) is 1. The van der Waals surface area contributed by atoms with Crippen molar-refractivity contribution in [3.05, 3.63) is 88.6 Å². The van der Waals surface area contributed by atoms with Crippen molar-refractivity contribution < 1.29 is 14.3 Å². The van der Waals surface area contributed by atoms with Crippen molar-refractivity contribution in [3.8, 4) is 5.75 Å². The summed E-state index contributed by atoms with van der Waals surface area (Å²) in [5, 5.41) is 6.16. The second kappa shape index (κ2) is 14.0. The Hall–Kier alpha value is -3.87. The van der Waals surface area contributed by atoms with E-state index < -0.39 is 0 Å². The molecule has 0 saturated carbocycles. The summed E-state index contributed by atoms with van der Waals surface area (Å²) in [4.78, 5) is 32.6. The molecule has 2 atom stereocenters. The van der Waals surface area contributed by atoms with Crippen LogP contribution in [-0.2, 0) is 13.0 Å². The molecule has 0 spiro atoms. The first-order valence-corrected chi connectivity index (χ1v) is 14.5. The molecule has 4 rings (SSSR count). The van der Waals surface area contributed by atoms with E-state index in [2.05, 4.69) is 41.3 Å². The van der Waals surface area contributed by atoms with Gasteiger partial charge in [-0.25, -0.2) is 4.98 Å². The van der Waals surface area contributed by atoms with Gasteiger partial charge in [0.25, 0.3) is 11.8 Å². The van der Waals surface area contributed by atoms with Crippen molar-refractivity contribution in [2.24, 2.45) is 5.92 Å². The number of pyridine rings is 1. The van der Waals surface area contributed by atoms with Gasteiger partial charge < -0.3 is 20.3 Å². The van der Waals surface area contributed by atoms with Gasteiger partial charge in [-0.15, -0.1) is 0 Å². The quantitative estimate of drug-likeness (QED) is 0.307. The van der Waals surface area contributed by atoms with Gasteiger partial charge in [0, 0.05) is 43.0 Å². The lowest BCUT2D eigenvalue weighted by Crippen LogP contribution is -2.37. The van der Waals surface area contributed by atoms with Crippen molar-refractivity contribution in [1.82, 2.24) is 15.6 Å². The molecule has 0 radical (unpaired) electrons. The largest absolute Gasteiger partial charge is 0.493 e. The van der Waals surface area contributed by atoms with E-state index in [9.17, 15) is 9.59 Å². The van der Waals surface area contributed by atoms with E-state index in [4.69, 9.17) is 4.74 Å². The van der Waals surface area contributed by atoms with Crippen molar-refractivity contribution in [1.29, 1.82) is 0 Å². The highest BCUT2D eigenvalue weighted by Gasteiger charge is 2.22. The zero-order chi connectivity index (χ0) is 28.5. The molecule has 3 aromatic rings. The predicted molar refractivity (Wildman–Crippen MR) is 160 cm³/mol. The molecule has 1 aliphatic heterocycles. The number of fused-ring (bicyclic) bond motifs is 1. The number of anilines is 1. The topological polar surface area (TPSA) is 83.6 Å². The number of hydrogen-bond acceptors (Lipinski definition) is 5. The fourth-order valence-electron chi connectivity index (χ4n) is 5.34. The number of hydrogen-bond donors (Lipinski definition) is 2. The maximum Gasteiger partial charge on any atom is 0.253 e. The average Bonchev–Trinajstić information content (AvgIpc) is 2.98. The summed E-state index contributed by atoms with van der Waals surface area (Å²) < 4.78 is 5.87. The fourth-order valence-corrected chi connectivity index (χ4v) is 5.34. The highest BCUT2D eigenvalue weighted by atomic mass is 16.5. The molecule has 2 heterocycles. The molecule has 2 aromatic carbocycles. The SMILES string of the molecule is CCC(CC(C)NC(=O)c1ccc2c(c1C)OCCC2)CN(CC)c1ccc(C(=O)NCc2ccccc2)cn1. The lowest BCUT2D eigenvalue weighted by atomic mass is 9.96. The number of carbonyl (C=O) groups is 2. The first kappa shape index (κ1) is 29.1. The van der Waals surface area contributed by atoms with Gasteiger partial charge in [0.15, 0.2) is 0 Å². The van der Waals surface area contributed by atoms with Crippen molar-refractivity contribution in [2.45, 2.75) is 66.0 Å². The number of nitrogens with zero attached hydrogens (tertiary/aromatic N) is 2. The minimum Gasteiger partial charge on any atom is -0.493 e. The highest BCUT2D eigenvalue weighted by molar-refractivity contribution is 5.96. The summed E-state index contributed by atoms with van der Waals surface area (Å²) in [5.41, 5.74) is 4.40. The number of nitrogens with one attached hydrogen (secondary N) is 2. The molecule has 1 aliphatic rings. The summed E-state index contributed by atoms with van der Waals surface area (Å²) in [6, 6.07) is 17.6. The van der Waals surface area contributed by atoms with E-state index in [1.54, 1.807) is 6.20 Å². The van der Waals surface area contributed by atoms with Gasteiger partial charge in [0.1, 0.15) is 11.6 Å². The van der Waals surface area contributed by atoms with Crippen LogP contribution in [0, 0.1) is 12.8 Å². The van der Waals surface area contributed by atoms with E-state index in [-0.39, 0.29) is 17.9 Å². The molecule has 2 N–H and O–H groups in total. The lowest BCUT2D eigenvalue weighted by molar-refractivity contribution is 0.0930. The van der Waals surface area contributed by atoms with Crippen LogP contribution in [0.4, 0.5) is 5.82 Å². The molecule has 0 bridgehead atoms. The summed E-state index contributed by atoms with van der Waals surface area (Å²) in [6.07, 6.45) is 5.51. The van der Waals surface area contributed by atoms with Gasteiger partial charge in [-0.3, -0.25) is 9.59 Å². The minimum atomic E-state index is -0.136. The Bertz CT molecular complexity index is 1280. The van der Waals surface area contributed by atoms with Crippen molar-refractivity contribution >= 4 is 17.6 Å². The standard InChI is InChI=1S/C33H42N4O3/c1-5-25(19-23(3)36-33(39)29-16-14-27-13-10-18-40-31(27)24(29)4)22-37(6-2)30-17-15-28(21-34-30)32(38)35-20-26-11-8-7-9-12-26/h7-9,11-12,14-17,21,23,25H,5-6,10,13,18-20,22H2,1-4H3,(H,35,38)(H,36,39). The Morgan fingerprint density at radius 1 is 1.05 bits per heavy atom. The number of rotatable bonds is 12. The minimum absolute atomic E-state index is 0.0242. The molecule has 0 fully saturated rings. The number of aryl methyl sites for hydroxylation is 1. The molecule has 212 valence electrons. The van der Waals surface area contributed by atoms with Crippen LogP contribution in [0.2, 0.25) is 0 Å². The first-order chi connectivity index (χ1) is 19.4. The Kier molecular flexibility index (Phi) is 10.2. The van der Waals surface area contributed by atoms with E-state index in [0.29, 0.717) is 30.2 Å². The summed E-state index contributed by atoms with van der Waals surface area (Å²) in [6.45, 7) is 11.2. The summed E-state index contributed by atoms with van der Waals surface area (Å²) >= 11 is 0. The van der Waals surface area contributed by atoms with E-state index in [1.165, 1.54) is 5.56 Å². The molecule has 2 unspecified atom stereocenters. The smallest absolute Gasteiger partial charge is 0.253 e. The normalized spacial score (nSPS) is 13.9. The Balaban J connectivity index is 1.31. The van der Waals surface area contributed by atoms with Crippen LogP contribution in [-0.4, -0.2) is 42.5 Å². The number of carbonyl (C=O) groups excluding carboxylic acids is 2. The number of benzene rings is 2. The Morgan fingerprint density at radius 2 is 1.85 bits per heavy atom. The van der Waals surface area contributed by atoms with Gasteiger partial charge >= 0.3 is 0 Å². The predicted octanol–water partition coefficient (Wildman–Crippen LogP) is 5.71. The lowest BCUT2D eigenvalue weighted by Gasteiger charge is -2.29. The van der Waals surface area contributed by atoms with E-state index in [0.717, 1.165) is 61.5 Å². The average molecular weight is 543 g/mol. The fraction of sp³-hybridized carbons (Fsp3) is 0.424. The molecule has 2 amide bonds. The van der Waals surface area contributed by atoms with Crippen LogP contribution < -0.4 is 20.3 Å². The van der Waals surface area contributed by atoms with Crippen LogP contribution in [0.15, 0.2) is 60.8 Å². The highest BCUT2D eigenvalue weighted by Crippen LogP contribution is 2.31. The monoisotopic (exact) mass is 542 g/mol. The third kappa shape index (κ3) is 7.40. The molecular weight excluding hydrogens is 500 g/mol. The third-order valence-electron chi connectivity index (χ3n) is 7.70. The zero-order valence-corrected chi connectivity index (χ0v) is 24.2. The Morgan fingerprint density at radius 3 is 2.55 bits per heavy atom. The molecule has 7 nitrogen and oxygen atoms in total. The molecule has 40 heavy (non-hydrogen) atoms. The van der Waals surface area contributed by atoms with Crippen molar-refractivity contribution in [2.75, 3.05) is 24.6 Å². The van der Waals surface area contributed by atoms with Gasteiger partial charge in [-0.1, -0.05) is 49.7 Å². The van der Waals surface area contributed by atoms with E-state index in [1.807, 2.05) is 61.5 Å². The number of aromatic nitrogens is 1. The molecular formula is C33H42N4O3. The second-order valence-corrected chi connectivity index (χ2v) is 10.7. The van der Waals surface area contributed by atoms with Crippen LogP contribution >= 0.6 is 0 Å². The van der Waals surface area contributed by atoms with Gasteiger partial charge in [0.05, 0.1) is 12.2 Å². The molecule has 7 heteroatoms. The van der Waals surface area contributed by atoms with Crippen LogP contribution in [0.5, 0.6) is 5.75 Å². The molecule has 0 aliphatic carbocycles. The molecule has 0 saturated heterocycles. The van der Waals surface area contributed by atoms with Crippen LogP contribution in [0.25, 0.3) is 0 Å².